The molecule has 0 spiro atoms. The molecule has 0 atom stereocenters. The molecule has 1 aliphatic rings. The van der Waals surface area contributed by atoms with E-state index in [1.54, 1.807) is 27.7 Å². The molecule has 0 radical (unpaired) electrons. The average Bonchev–Trinajstić information content (AvgIpc) is 3.53. The fourth-order valence-corrected chi connectivity index (χ4v) is 6.79. The first kappa shape index (κ1) is 20.4. The van der Waals surface area contributed by atoms with Gasteiger partial charge in [0, 0.05) is 10.6 Å². The van der Waals surface area contributed by atoms with Crippen molar-refractivity contribution in [3.8, 4) is 5.69 Å². The summed E-state index contributed by atoms with van der Waals surface area (Å²) in [5.74, 6) is 1.25. The van der Waals surface area contributed by atoms with Crippen molar-refractivity contribution in [2.45, 2.75) is 31.3 Å². The number of thiophene rings is 1. The zero-order valence-corrected chi connectivity index (χ0v) is 19.9. The molecule has 3 aromatic heterocycles. The summed E-state index contributed by atoms with van der Waals surface area (Å²) in [6.45, 7) is 6.31. The van der Waals surface area contributed by atoms with Crippen LogP contribution in [0.1, 0.15) is 28.0 Å². The maximum absolute atomic E-state index is 13.8. The molecular weight excluding hydrogens is 448 g/mol. The smallest absolute Gasteiger partial charge is 0.268 e. The van der Waals surface area contributed by atoms with E-state index in [9.17, 15) is 4.79 Å². The van der Waals surface area contributed by atoms with E-state index in [0.717, 1.165) is 57.0 Å². The molecule has 1 aliphatic carbocycles. The topological polar surface area (TPSA) is 52.2 Å². The van der Waals surface area contributed by atoms with Crippen LogP contribution in [0.2, 0.25) is 0 Å². The van der Waals surface area contributed by atoms with Gasteiger partial charge in [0.2, 0.25) is 5.78 Å². The van der Waals surface area contributed by atoms with Gasteiger partial charge in [0.1, 0.15) is 4.83 Å². The van der Waals surface area contributed by atoms with Crippen molar-refractivity contribution in [3.05, 3.63) is 93.1 Å². The monoisotopic (exact) mass is 470 g/mol. The molecule has 2 aromatic carbocycles. The summed E-state index contributed by atoms with van der Waals surface area (Å²) in [4.78, 5) is 16.1. The molecule has 0 saturated carbocycles. The van der Waals surface area contributed by atoms with Crippen molar-refractivity contribution < 1.29 is 0 Å². The number of benzene rings is 2. The van der Waals surface area contributed by atoms with Crippen LogP contribution in [0.4, 0.5) is 0 Å². The Morgan fingerprint density at radius 1 is 1.09 bits per heavy atom. The predicted molar refractivity (Wildman–Crippen MR) is 137 cm³/mol. The normalized spacial score (nSPS) is 13.1. The van der Waals surface area contributed by atoms with Gasteiger partial charge in [-0.05, 0) is 55.0 Å². The SMILES string of the molecule is C=C(CSc1nnc2n(-c3ccc(C)cc3)c(=O)c3c4c(sc3n12)CCC4)c1ccccc1. The Balaban J connectivity index is 1.53. The molecule has 0 N–H and O–H groups in total. The molecule has 0 fully saturated rings. The highest BCUT2D eigenvalue weighted by Gasteiger charge is 2.26. The minimum atomic E-state index is -0.00148. The number of hydrogen-bond acceptors (Lipinski definition) is 5. The molecule has 164 valence electrons. The number of nitrogens with zero attached hydrogens (tertiary/aromatic N) is 4. The highest BCUT2D eigenvalue weighted by atomic mass is 32.2. The van der Waals surface area contributed by atoms with Crippen molar-refractivity contribution in [3.63, 3.8) is 0 Å². The Hall–Kier alpha value is -3.16. The Bertz CT molecular complexity index is 1580. The van der Waals surface area contributed by atoms with E-state index in [2.05, 4.69) is 33.3 Å². The fourth-order valence-electron chi connectivity index (χ4n) is 4.48. The summed E-state index contributed by atoms with van der Waals surface area (Å²) in [6, 6.07) is 18.2. The number of aryl methyl sites for hydroxylation is 3. The second-order valence-electron chi connectivity index (χ2n) is 8.39. The Morgan fingerprint density at radius 2 is 1.88 bits per heavy atom. The summed E-state index contributed by atoms with van der Waals surface area (Å²) in [5, 5.41) is 10.6. The quantitative estimate of drug-likeness (QED) is 0.309. The van der Waals surface area contributed by atoms with Crippen LogP contribution in [0.3, 0.4) is 0 Å². The van der Waals surface area contributed by atoms with Crippen LogP contribution in [-0.4, -0.2) is 24.9 Å². The number of hydrogen-bond donors (Lipinski definition) is 0. The van der Waals surface area contributed by atoms with E-state index in [-0.39, 0.29) is 5.56 Å². The van der Waals surface area contributed by atoms with Gasteiger partial charge in [-0.3, -0.25) is 4.79 Å². The van der Waals surface area contributed by atoms with Crippen molar-refractivity contribution in [1.82, 2.24) is 19.2 Å². The van der Waals surface area contributed by atoms with Gasteiger partial charge >= 0.3 is 0 Å². The molecule has 3 heterocycles. The van der Waals surface area contributed by atoms with Crippen LogP contribution in [0.15, 0.2) is 71.1 Å². The average molecular weight is 471 g/mol. The molecule has 0 aliphatic heterocycles. The molecule has 0 bridgehead atoms. The van der Waals surface area contributed by atoms with Crippen LogP contribution in [0, 0.1) is 6.92 Å². The van der Waals surface area contributed by atoms with Crippen LogP contribution in [-0.2, 0) is 12.8 Å². The lowest BCUT2D eigenvalue weighted by molar-refractivity contribution is 0.910. The zero-order chi connectivity index (χ0) is 22.5. The van der Waals surface area contributed by atoms with Gasteiger partial charge in [0.25, 0.3) is 5.56 Å². The number of thioether (sulfide) groups is 1. The van der Waals surface area contributed by atoms with Gasteiger partial charge < -0.3 is 0 Å². The van der Waals surface area contributed by atoms with Crippen LogP contribution < -0.4 is 5.56 Å². The minimum absolute atomic E-state index is 0.00148. The second-order valence-corrected chi connectivity index (χ2v) is 10.4. The third-order valence-corrected chi connectivity index (χ3v) is 8.48. The lowest BCUT2D eigenvalue weighted by Crippen LogP contribution is -2.21. The fraction of sp³-hybridized carbons (Fsp3) is 0.192. The van der Waals surface area contributed by atoms with Crippen molar-refractivity contribution in [2.75, 3.05) is 5.75 Å². The van der Waals surface area contributed by atoms with Gasteiger partial charge in [0.15, 0.2) is 5.16 Å². The molecule has 0 amide bonds. The second kappa shape index (κ2) is 8.01. The first-order valence-corrected chi connectivity index (χ1v) is 12.8. The van der Waals surface area contributed by atoms with E-state index in [4.69, 9.17) is 0 Å². The van der Waals surface area contributed by atoms with Crippen LogP contribution >= 0.6 is 23.1 Å². The Morgan fingerprint density at radius 3 is 2.67 bits per heavy atom. The molecule has 5 aromatic rings. The summed E-state index contributed by atoms with van der Waals surface area (Å²) in [6.07, 6.45) is 3.11. The van der Waals surface area contributed by atoms with E-state index in [1.807, 2.05) is 49.4 Å². The summed E-state index contributed by atoms with van der Waals surface area (Å²) >= 11 is 3.33. The van der Waals surface area contributed by atoms with Crippen LogP contribution in [0.25, 0.3) is 27.3 Å². The van der Waals surface area contributed by atoms with Crippen LogP contribution in [0.5, 0.6) is 0 Å². The van der Waals surface area contributed by atoms with E-state index >= 15 is 0 Å². The maximum atomic E-state index is 13.8. The molecule has 0 saturated heterocycles. The molecule has 6 rings (SSSR count). The third-order valence-electron chi connectivity index (χ3n) is 6.19. The zero-order valence-electron chi connectivity index (χ0n) is 18.2. The molecule has 5 nitrogen and oxygen atoms in total. The standard InChI is InChI=1S/C26H22N4OS2/c1-16-11-13-19(14-12-16)29-23(31)22-20-9-6-10-21(20)33-24(22)30-25(29)27-28-26(30)32-15-17(2)18-7-4-3-5-8-18/h3-5,7-8,11-14H,2,6,9-10,15H2,1H3. The van der Waals surface area contributed by atoms with E-state index in [1.165, 1.54) is 10.4 Å². The molecular formula is C26H22N4OS2. The summed E-state index contributed by atoms with van der Waals surface area (Å²) < 4.78 is 3.79. The first-order chi connectivity index (χ1) is 16.1. The number of aromatic nitrogens is 4. The predicted octanol–water partition coefficient (Wildman–Crippen LogP) is 5.70. The van der Waals surface area contributed by atoms with Crippen molar-refractivity contribution in [2.24, 2.45) is 0 Å². The maximum Gasteiger partial charge on any atom is 0.268 e. The highest BCUT2D eigenvalue weighted by molar-refractivity contribution is 7.99. The highest BCUT2D eigenvalue weighted by Crippen LogP contribution is 2.37. The Kier molecular flexibility index (Phi) is 4.96. The lowest BCUT2D eigenvalue weighted by atomic mass is 10.1. The van der Waals surface area contributed by atoms with Crippen molar-refractivity contribution in [1.29, 1.82) is 0 Å². The van der Waals surface area contributed by atoms with Crippen molar-refractivity contribution >= 4 is 44.7 Å². The minimum Gasteiger partial charge on any atom is -0.268 e. The van der Waals surface area contributed by atoms with Gasteiger partial charge in [-0.2, -0.15) is 0 Å². The van der Waals surface area contributed by atoms with E-state index < -0.39 is 0 Å². The van der Waals surface area contributed by atoms with Gasteiger partial charge in [-0.15, -0.1) is 21.5 Å². The number of fused-ring (bicyclic) bond motifs is 5. The molecule has 0 unspecified atom stereocenters. The summed E-state index contributed by atoms with van der Waals surface area (Å²) in [7, 11) is 0. The number of rotatable bonds is 5. The molecule has 33 heavy (non-hydrogen) atoms. The van der Waals surface area contributed by atoms with Gasteiger partial charge in [-0.1, -0.05) is 66.4 Å². The molecule has 7 heteroatoms. The first-order valence-electron chi connectivity index (χ1n) is 11.0. The summed E-state index contributed by atoms with van der Waals surface area (Å²) in [5.41, 5.74) is 5.33. The van der Waals surface area contributed by atoms with Gasteiger partial charge in [0.05, 0.1) is 11.1 Å². The third kappa shape index (κ3) is 3.34. The van der Waals surface area contributed by atoms with Gasteiger partial charge in [-0.25, -0.2) is 8.97 Å². The lowest BCUT2D eigenvalue weighted by Gasteiger charge is -2.11. The largest absolute Gasteiger partial charge is 0.268 e. The Labute approximate surface area is 199 Å². The van der Waals surface area contributed by atoms with E-state index in [0.29, 0.717) is 11.5 Å².